The summed E-state index contributed by atoms with van der Waals surface area (Å²) in [5.41, 5.74) is 0. The van der Waals surface area contributed by atoms with Gasteiger partial charge in [0.2, 0.25) is 0 Å². The molecule has 0 aliphatic heterocycles. The van der Waals surface area contributed by atoms with Gasteiger partial charge in [-0.1, -0.05) is 10.8 Å². The fourth-order valence-corrected chi connectivity index (χ4v) is 0.901. The van der Waals surface area contributed by atoms with Gasteiger partial charge in [0.15, 0.2) is 6.29 Å². The molecule has 0 heterocycles. The van der Waals surface area contributed by atoms with Crippen LogP contribution in [0.4, 0.5) is 0 Å². The van der Waals surface area contributed by atoms with Gasteiger partial charge in [-0.2, -0.15) is 0 Å². The quantitative estimate of drug-likeness (QED) is 0.282. The van der Waals surface area contributed by atoms with E-state index in [-0.39, 0.29) is 5.75 Å². The van der Waals surface area contributed by atoms with Crippen LogP contribution >= 0.6 is 21.8 Å². The summed E-state index contributed by atoms with van der Waals surface area (Å²) in [4.78, 5) is 0. The van der Waals surface area contributed by atoms with Crippen LogP contribution in [0.5, 0.6) is 0 Å². The Morgan fingerprint density at radius 2 is 2.14 bits per heavy atom. The maximum atomic E-state index is 8.15. The van der Waals surface area contributed by atoms with E-state index in [2.05, 4.69) is 0 Å². The zero-order valence-corrected chi connectivity index (χ0v) is 5.21. The lowest BCUT2D eigenvalue weighted by Crippen LogP contribution is -2.06. The summed E-state index contributed by atoms with van der Waals surface area (Å²) in [5, 5.41) is 21.2. The molecule has 0 spiro atoms. The van der Waals surface area contributed by atoms with Crippen molar-refractivity contribution in [3.05, 3.63) is 0 Å². The Hall–Kier alpha value is 0.580. The second-order valence-electron chi connectivity index (χ2n) is 0.861. The second kappa shape index (κ2) is 4.73. The van der Waals surface area contributed by atoms with Crippen molar-refractivity contribution in [1.29, 1.82) is 0 Å². The van der Waals surface area contributed by atoms with Crippen LogP contribution in [0.3, 0.4) is 0 Å². The van der Waals surface area contributed by atoms with Crippen molar-refractivity contribution in [3.8, 4) is 0 Å². The van der Waals surface area contributed by atoms with E-state index in [0.29, 0.717) is 0 Å². The number of hydrogen-bond acceptors (Lipinski definition) is 5. The number of aliphatic hydroxyl groups excluding tert-OH is 1. The predicted molar refractivity (Wildman–Crippen MR) is 32.5 cm³/mol. The van der Waals surface area contributed by atoms with E-state index in [0.717, 1.165) is 11.0 Å². The van der Waals surface area contributed by atoms with E-state index in [1.165, 1.54) is 10.8 Å². The van der Waals surface area contributed by atoms with Gasteiger partial charge in [0.1, 0.15) is 0 Å². The molecule has 4 N–H and O–H groups in total. The maximum Gasteiger partial charge on any atom is 0.161 e. The molecule has 0 atom stereocenters. The number of hydrogen-bond donors (Lipinski definition) is 3. The van der Waals surface area contributed by atoms with E-state index >= 15 is 0 Å². The van der Waals surface area contributed by atoms with Crippen LogP contribution < -0.4 is 5.14 Å². The summed E-state index contributed by atoms with van der Waals surface area (Å²) in [7, 11) is 2.24. The van der Waals surface area contributed by atoms with Gasteiger partial charge in [0.05, 0.1) is 5.75 Å². The standard InChI is InChI=1S/C2H7NO2S2/c3-7-6-1-2(4)5/h2,4-5H,1,3H2. The summed E-state index contributed by atoms with van der Waals surface area (Å²) in [6, 6.07) is 0. The van der Waals surface area contributed by atoms with E-state index in [4.69, 9.17) is 15.4 Å². The minimum Gasteiger partial charge on any atom is -0.367 e. The van der Waals surface area contributed by atoms with Crippen molar-refractivity contribution in [2.24, 2.45) is 5.14 Å². The van der Waals surface area contributed by atoms with Crippen molar-refractivity contribution in [2.45, 2.75) is 6.29 Å². The fraction of sp³-hybridized carbons (Fsp3) is 1.00. The summed E-state index contributed by atoms with van der Waals surface area (Å²) in [6.45, 7) is 0. The van der Waals surface area contributed by atoms with Gasteiger partial charge in [0, 0.05) is 0 Å². The lowest BCUT2D eigenvalue weighted by Gasteiger charge is -1.96. The lowest BCUT2D eigenvalue weighted by atomic mass is 10.8. The zero-order chi connectivity index (χ0) is 5.70. The Morgan fingerprint density at radius 3 is 2.29 bits per heavy atom. The van der Waals surface area contributed by atoms with Gasteiger partial charge in [-0.15, -0.1) is 0 Å². The first-order valence-corrected chi connectivity index (χ1v) is 4.00. The van der Waals surface area contributed by atoms with E-state index in [1.807, 2.05) is 0 Å². The molecule has 44 valence electrons. The van der Waals surface area contributed by atoms with Crippen molar-refractivity contribution in [1.82, 2.24) is 0 Å². The lowest BCUT2D eigenvalue weighted by molar-refractivity contribution is -0.0184. The zero-order valence-electron chi connectivity index (χ0n) is 3.57. The molecule has 0 aliphatic rings. The molecule has 0 amide bonds. The molecule has 0 bridgehead atoms. The third-order valence-corrected chi connectivity index (χ3v) is 1.67. The summed E-state index contributed by atoms with van der Waals surface area (Å²) in [5.74, 6) is 0.265. The van der Waals surface area contributed by atoms with Crippen LogP contribution in [0.2, 0.25) is 0 Å². The average molecular weight is 141 g/mol. The van der Waals surface area contributed by atoms with Crippen LogP contribution in [0.25, 0.3) is 0 Å². The molecular formula is C2H7NO2S2. The van der Waals surface area contributed by atoms with Gasteiger partial charge in [-0.3, -0.25) is 5.14 Å². The Bertz CT molecular complexity index is 42.7. The minimum atomic E-state index is -1.24. The van der Waals surface area contributed by atoms with Crippen LogP contribution in [0.15, 0.2) is 0 Å². The Labute approximate surface area is 49.8 Å². The van der Waals surface area contributed by atoms with Crippen LogP contribution in [0, 0.1) is 0 Å². The van der Waals surface area contributed by atoms with Crippen molar-refractivity contribution in [2.75, 3.05) is 5.75 Å². The third-order valence-electron chi connectivity index (χ3n) is 0.285. The smallest absolute Gasteiger partial charge is 0.161 e. The first-order valence-electron chi connectivity index (χ1n) is 1.62. The molecule has 0 aromatic rings. The van der Waals surface area contributed by atoms with Crippen LogP contribution in [0.1, 0.15) is 0 Å². The summed E-state index contributed by atoms with van der Waals surface area (Å²) in [6.07, 6.45) is -1.24. The molecule has 0 fully saturated rings. The highest BCUT2D eigenvalue weighted by Crippen LogP contribution is 2.12. The van der Waals surface area contributed by atoms with Gasteiger partial charge >= 0.3 is 0 Å². The Balaban J connectivity index is 2.68. The second-order valence-corrected chi connectivity index (χ2v) is 2.91. The van der Waals surface area contributed by atoms with Crippen molar-refractivity contribution < 1.29 is 10.2 Å². The minimum absolute atomic E-state index is 0.265. The predicted octanol–water partition coefficient (Wildman–Crippen LogP) is -0.448. The molecule has 7 heavy (non-hydrogen) atoms. The highest BCUT2D eigenvalue weighted by atomic mass is 33.1. The van der Waals surface area contributed by atoms with Gasteiger partial charge in [0.25, 0.3) is 0 Å². The third kappa shape index (κ3) is 6.58. The van der Waals surface area contributed by atoms with E-state index < -0.39 is 6.29 Å². The normalized spacial score (nSPS) is 10.3. The molecule has 0 aromatic heterocycles. The summed E-state index contributed by atoms with van der Waals surface area (Å²) < 4.78 is 0. The SMILES string of the molecule is NSSCC(O)O. The van der Waals surface area contributed by atoms with E-state index in [9.17, 15) is 0 Å². The molecule has 0 radical (unpaired) electrons. The molecule has 0 saturated heterocycles. The molecule has 0 unspecified atom stereocenters. The molecule has 0 saturated carbocycles. The Morgan fingerprint density at radius 1 is 1.57 bits per heavy atom. The fourth-order valence-electron chi connectivity index (χ4n) is 0.100. The highest BCUT2D eigenvalue weighted by Gasteiger charge is 1.93. The van der Waals surface area contributed by atoms with Crippen LogP contribution in [-0.4, -0.2) is 22.3 Å². The molecule has 5 heteroatoms. The van der Waals surface area contributed by atoms with Crippen LogP contribution in [-0.2, 0) is 0 Å². The first kappa shape index (κ1) is 7.58. The molecule has 0 aromatic carbocycles. The largest absolute Gasteiger partial charge is 0.367 e. The number of nitrogens with two attached hydrogens (primary N) is 1. The van der Waals surface area contributed by atoms with Gasteiger partial charge in [-0.25, -0.2) is 0 Å². The van der Waals surface area contributed by atoms with Gasteiger partial charge in [-0.05, 0) is 11.0 Å². The first-order chi connectivity index (χ1) is 3.27. The van der Waals surface area contributed by atoms with Gasteiger partial charge < -0.3 is 10.2 Å². The van der Waals surface area contributed by atoms with Crippen molar-refractivity contribution >= 4 is 21.8 Å². The average Bonchev–Trinajstić information content (AvgIpc) is 1.61. The molecule has 3 nitrogen and oxygen atoms in total. The molecular weight excluding hydrogens is 134 g/mol. The highest BCUT2D eigenvalue weighted by molar-refractivity contribution is 8.75. The summed E-state index contributed by atoms with van der Waals surface area (Å²) >= 11 is 0. The van der Waals surface area contributed by atoms with Crippen molar-refractivity contribution in [3.63, 3.8) is 0 Å². The monoisotopic (exact) mass is 141 g/mol. The number of aliphatic hydroxyl groups is 2. The molecule has 0 aliphatic carbocycles. The maximum absolute atomic E-state index is 8.15. The topological polar surface area (TPSA) is 66.5 Å². The number of rotatable bonds is 3. The molecule has 0 rings (SSSR count). The van der Waals surface area contributed by atoms with E-state index in [1.54, 1.807) is 0 Å². The Kier molecular flexibility index (Phi) is 5.12.